The summed E-state index contributed by atoms with van der Waals surface area (Å²) in [4.78, 5) is 5.01. The predicted octanol–water partition coefficient (Wildman–Crippen LogP) is 4.49. The van der Waals surface area contributed by atoms with Crippen molar-refractivity contribution in [1.29, 1.82) is 0 Å². The van der Waals surface area contributed by atoms with E-state index in [-0.39, 0.29) is 42.3 Å². The Morgan fingerprint density at radius 2 is 2.16 bits per heavy atom. The molecule has 2 aliphatic heterocycles. The number of aliphatic hydroxyl groups is 5. The largest absolute Gasteiger partial charge is 0.504 e. The van der Waals surface area contributed by atoms with Crippen molar-refractivity contribution in [3.05, 3.63) is 71.4 Å². The Labute approximate surface area is 267 Å². The molecule has 2 fully saturated rings. The van der Waals surface area contributed by atoms with Crippen molar-refractivity contribution in [3.8, 4) is 11.5 Å². The van der Waals surface area contributed by atoms with E-state index >= 15 is 0 Å². The fourth-order valence-corrected chi connectivity index (χ4v) is 8.31. The van der Waals surface area contributed by atoms with Crippen molar-refractivity contribution in [2.24, 2.45) is 28.2 Å². The summed E-state index contributed by atoms with van der Waals surface area (Å²) in [5, 5.41) is 44.9. The number of aliphatic hydroxyl groups excluding tert-OH is 3. The molecule has 6 aliphatic rings. The lowest BCUT2D eigenvalue weighted by Gasteiger charge is -2.39. The highest BCUT2D eigenvalue weighted by atomic mass is 16.5. The van der Waals surface area contributed by atoms with Crippen molar-refractivity contribution in [2.75, 3.05) is 26.3 Å². The number of phenolic OH excluding ortho intramolecular Hbond substituents is 1. The first-order valence-corrected chi connectivity index (χ1v) is 17.1. The Morgan fingerprint density at radius 3 is 2.96 bits per heavy atom. The van der Waals surface area contributed by atoms with Crippen molar-refractivity contribution >= 4 is 5.71 Å². The van der Waals surface area contributed by atoms with Crippen LogP contribution >= 0.6 is 0 Å². The third-order valence-corrected chi connectivity index (χ3v) is 10.7. The van der Waals surface area contributed by atoms with Gasteiger partial charge in [0.1, 0.15) is 24.7 Å². The molecular weight excluding hydrogens is 568 g/mol. The standard InChI is InChI=1S/C37H50N2O6/c1-3-4-7-34-26(21-40)17-28(45-34)10-8-24-9-11-32(42)35(15-24)44-22-33(43)31-18-29-30(20-38-19-23(2)41)37-13-5-6-27(37)16-25(12-14-37)36(29)39-31/h9,11-12,14-15,17-18,23,25,27,30,33-34,38,40-41,43,45H,3-8,10,13,16,19-22H2,1-2H3/p+1. The van der Waals surface area contributed by atoms with Crippen molar-refractivity contribution in [2.45, 2.75) is 89.9 Å². The molecule has 8 nitrogen and oxygen atoms in total. The molecule has 1 spiro atoms. The van der Waals surface area contributed by atoms with Crippen LogP contribution in [-0.4, -0.2) is 75.5 Å². The molecule has 7 atom stereocenters. The number of aryl methyl sites for hydroxylation is 1. The van der Waals surface area contributed by atoms with E-state index in [0.29, 0.717) is 23.9 Å². The highest BCUT2D eigenvalue weighted by molar-refractivity contribution is 6.06. The van der Waals surface area contributed by atoms with Gasteiger partial charge >= 0.3 is 0 Å². The van der Waals surface area contributed by atoms with Crippen molar-refractivity contribution in [3.63, 3.8) is 0 Å². The van der Waals surface area contributed by atoms with Gasteiger partial charge in [0.15, 0.2) is 23.3 Å². The molecule has 2 saturated carbocycles. The van der Waals surface area contributed by atoms with Crippen LogP contribution in [0.1, 0.15) is 70.8 Å². The first-order valence-electron chi connectivity index (χ1n) is 17.1. The van der Waals surface area contributed by atoms with Gasteiger partial charge in [-0.15, -0.1) is 16.6 Å². The molecule has 0 saturated heterocycles. The molecule has 45 heavy (non-hydrogen) atoms. The van der Waals surface area contributed by atoms with Crippen LogP contribution in [0.25, 0.3) is 0 Å². The van der Waals surface area contributed by atoms with Gasteiger partial charge in [-0.3, -0.25) is 0 Å². The zero-order valence-corrected chi connectivity index (χ0v) is 26.8. The van der Waals surface area contributed by atoms with Gasteiger partial charge in [-0.05, 0) is 69.1 Å². The predicted molar refractivity (Wildman–Crippen MR) is 176 cm³/mol. The highest BCUT2D eigenvalue weighted by Crippen LogP contribution is 2.61. The van der Waals surface area contributed by atoms with Gasteiger partial charge in [0, 0.05) is 37.5 Å². The van der Waals surface area contributed by atoms with Crippen LogP contribution in [0, 0.1) is 35.2 Å². The molecular formula is C37H51N2O6+. The summed E-state index contributed by atoms with van der Waals surface area (Å²) in [5.74, 6) is 2.74. The summed E-state index contributed by atoms with van der Waals surface area (Å²) >= 11 is 0. The SMILES string of the molecule is CCCCC1[OH+][C-](CCc2ccc(O)c(OCC(O)C3=C[C+]4C(=N3)C3C=CC5(CCCC5C3)C4CNCC(C)O)c2)C=C1CO. The normalized spacial score (nSPS) is 29.7. The summed E-state index contributed by atoms with van der Waals surface area (Å²) in [7, 11) is 0. The number of aliphatic imine (C=N–C) groups is 1. The number of nitrogens with one attached hydrogen (secondary N) is 1. The minimum absolute atomic E-state index is 0.0134. The van der Waals surface area contributed by atoms with E-state index in [0.717, 1.165) is 74.4 Å². The molecule has 244 valence electrons. The summed E-state index contributed by atoms with van der Waals surface area (Å²) in [6, 6.07) is 5.36. The zero-order valence-electron chi connectivity index (χ0n) is 26.8. The Balaban J connectivity index is 1.09. The Kier molecular flexibility index (Phi) is 9.97. The average Bonchev–Trinajstić information content (AvgIpc) is 3.75. The Hall–Kier alpha value is -2.75. The second-order valence-electron chi connectivity index (χ2n) is 13.8. The second kappa shape index (κ2) is 13.9. The zero-order chi connectivity index (χ0) is 31.6. The van der Waals surface area contributed by atoms with Crippen molar-refractivity contribution in [1.82, 2.24) is 5.32 Å². The van der Waals surface area contributed by atoms with Crippen LogP contribution in [0.3, 0.4) is 0 Å². The number of nitrogens with zero attached hydrogens (tertiary/aromatic N) is 1. The van der Waals surface area contributed by atoms with Crippen LogP contribution in [0.5, 0.6) is 11.5 Å². The van der Waals surface area contributed by atoms with E-state index in [1.165, 1.54) is 18.8 Å². The van der Waals surface area contributed by atoms with Gasteiger partial charge in [-0.1, -0.05) is 38.0 Å². The van der Waals surface area contributed by atoms with Crippen molar-refractivity contribution < 1.29 is 29.9 Å². The maximum atomic E-state index is 11.3. The van der Waals surface area contributed by atoms with Crippen LogP contribution in [-0.2, 0) is 6.42 Å². The molecule has 7 unspecified atom stereocenters. The molecule has 6 N–H and O–H groups in total. The van der Waals surface area contributed by atoms with E-state index in [1.54, 1.807) is 13.0 Å². The maximum absolute atomic E-state index is 11.3. The Bertz CT molecular complexity index is 1320. The quantitative estimate of drug-likeness (QED) is 0.112. The smallest absolute Gasteiger partial charge is 0.208 e. The van der Waals surface area contributed by atoms with E-state index in [2.05, 4.69) is 30.5 Å². The summed E-state index contributed by atoms with van der Waals surface area (Å²) in [6.07, 6.45) is 18.1. The van der Waals surface area contributed by atoms with Gasteiger partial charge in [0.2, 0.25) is 5.70 Å². The fraction of sp³-hybridized carbons (Fsp3) is 0.595. The van der Waals surface area contributed by atoms with Crippen LogP contribution in [0.15, 0.2) is 58.8 Å². The first kappa shape index (κ1) is 32.2. The van der Waals surface area contributed by atoms with Crippen LogP contribution in [0.2, 0.25) is 0 Å². The topological polar surface area (TPSA) is 127 Å². The summed E-state index contributed by atoms with van der Waals surface area (Å²) in [5.41, 5.74) is 3.80. The lowest BCUT2D eigenvalue weighted by atomic mass is 9.63. The molecule has 2 heterocycles. The third kappa shape index (κ3) is 6.72. The number of unbranched alkanes of at least 4 members (excludes halogenated alkanes) is 1. The molecule has 0 amide bonds. The fourth-order valence-electron chi connectivity index (χ4n) is 8.31. The number of ether oxygens (including phenoxy) is 2. The van der Waals surface area contributed by atoms with E-state index < -0.39 is 12.2 Å². The lowest BCUT2D eigenvalue weighted by Crippen LogP contribution is -2.42. The first-order chi connectivity index (χ1) is 21.8. The molecule has 2 bridgehead atoms. The maximum Gasteiger partial charge on any atom is 0.208 e. The summed E-state index contributed by atoms with van der Waals surface area (Å²) in [6.45, 7) is 5.32. The summed E-state index contributed by atoms with van der Waals surface area (Å²) < 4.78 is 10.8. The molecule has 1 aromatic carbocycles. The van der Waals surface area contributed by atoms with Gasteiger partial charge in [-0.2, -0.15) is 0 Å². The lowest BCUT2D eigenvalue weighted by molar-refractivity contribution is -0.0550. The third-order valence-electron chi connectivity index (χ3n) is 10.7. The number of hydrogen-bond acceptors (Lipinski definition) is 7. The van der Waals surface area contributed by atoms with Crippen LogP contribution < -0.4 is 10.1 Å². The Morgan fingerprint density at radius 1 is 1.29 bits per heavy atom. The van der Waals surface area contributed by atoms with E-state index in [4.69, 9.17) is 14.5 Å². The van der Waals surface area contributed by atoms with Crippen LogP contribution in [0.4, 0.5) is 0 Å². The number of benzene rings is 1. The number of allylic oxidation sites excluding steroid dienone is 3. The average molecular weight is 620 g/mol. The molecule has 8 heteroatoms. The molecule has 0 radical (unpaired) electrons. The van der Waals surface area contributed by atoms with Gasteiger partial charge in [-0.25, -0.2) is 0 Å². The minimum atomic E-state index is -0.930. The molecule has 4 aliphatic carbocycles. The molecule has 1 aromatic rings. The molecule has 7 rings (SSSR count). The van der Waals surface area contributed by atoms with Gasteiger partial charge in [0.25, 0.3) is 0 Å². The molecule has 0 aromatic heterocycles. The minimum Gasteiger partial charge on any atom is -0.504 e. The monoisotopic (exact) mass is 619 g/mol. The van der Waals surface area contributed by atoms with E-state index in [1.807, 2.05) is 18.2 Å². The number of phenols is 1. The van der Waals surface area contributed by atoms with Gasteiger partial charge < -0.3 is 35.2 Å². The highest BCUT2D eigenvalue weighted by Gasteiger charge is 2.60. The number of rotatable bonds is 15. The number of hydrogen-bond donors (Lipinski definition) is 5. The number of aromatic hydroxyl groups is 1. The van der Waals surface area contributed by atoms with E-state index in [9.17, 15) is 20.4 Å². The second-order valence-corrected chi connectivity index (χ2v) is 13.8. The van der Waals surface area contributed by atoms with Gasteiger partial charge in [0.05, 0.1) is 18.1 Å².